The van der Waals surface area contributed by atoms with E-state index in [0.717, 1.165) is 29.4 Å². The molecule has 182 valence electrons. The number of piperazine rings is 1. The molecule has 2 aliphatic heterocycles. The predicted octanol–water partition coefficient (Wildman–Crippen LogP) is 3.98. The number of carbonyl (C=O) groups excluding carboxylic acids is 3. The highest BCUT2D eigenvalue weighted by Crippen LogP contribution is 2.25. The molecular formula is C25H24ClFN4O3S. The first-order valence-electron chi connectivity index (χ1n) is 11.2. The maximum absolute atomic E-state index is 13.1. The molecule has 3 amide bonds. The van der Waals surface area contributed by atoms with E-state index in [9.17, 15) is 18.8 Å². The lowest BCUT2D eigenvalue weighted by Crippen LogP contribution is -2.48. The van der Waals surface area contributed by atoms with Crippen molar-refractivity contribution in [2.45, 2.75) is 19.4 Å². The standard InChI is InChI=1S/C25H23FN4O3S.ClH/c26-19-5-1-17(2-6-19)21-16-34-22(27-21)15-28-11-13-29(14-12-28)25(33)18-3-7-20(8-4-18)30-23(31)9-10-24(30)32;/h1-8,16H,9-15H2;1H. The molecule has 0 spiro atoms. The van der Waals surface area contributed by atoms with Gasteiger partial charge in [0.25, 0.3) is 5.91 Å². The molecular weight excluding hydrogens is 491 g/mol. The van der Waals surface area contributed by atoms with Crippen LogP contribution in [0.15, 0.2) is 53.9 Å². The molecule has 2 aromatic carbocycles. The van der Waals surface area contributed by atoms with E-state index in [4.69, 9.17) is 0 Å². The highest BCUT2D eigenvalue weighted by atomic mass is 35.5. The number of hydrogen-bond acceptors (Lipinski definition) is 6. The van der Waals surface area contributed by atoms with Gasteiger partial charge in [0.15, 0.2) is 0 Å². The second-order valence-corrected chi connectivity index (χ2v) is 9.31. The molecule has 2 aliphatic rings. The van der Waals surface area contributed by atoms with E-state index in [1.54, 1.807) is 47.7 Å². The van der Waals surface area contributed by atoms with Crippen molar-refractivity contribution < 1.29 is 18.8 Å². The van der Waals surface area contributed by atoms with E-state index >= 15 is 0 Å². The average molecular weight is 515 g/mol. The van der Waals surface area contributed by atoms with Gasteiger partial charge in [-0.3, -0.25) is 24.2 Å². The van der Waals surface area contributed by atoms with Crippen LogP contribution in [-0.2, 0) is 16.1 Å². The number of hydrogen-bond donors (Lipinski definition) is 0. The Morgan fingerprint density at radius 2 is 1.54 bits per heavy atom. The van der Waals surface area contributed by atoms with E-state index in [1.165, 1.54) is 17.0 Å². The lowest BCUT2D eigenvalue weighted by molar-refractivity contribution is -0.121. The molecule has 2 fully saturated rings. The van der Waals surface area contributed by atoms with Crippen LogP contribution in [0.5, 0.6) is 0 Å². The minimum absolute atomic E-state index is 0. The second-order valence-electron chi connectivity index (χ2n) is 8.37. The Morgan fingerprint density at radius 1 is 0.914 bits per heavy atom. The number of nitrogens with zero attached hydrogens (tertiary/aromatic N) is 4. The number of thiazole rings is 1. The molecule has 0 unspecified atom stereocenters. The summed E-state index contributed by atoms with van der Waals surface area (Å²) in [5.41, 5.74) is 2.79. The van der Waals surface area contributed by atoms with Gasteiger partial charge < -0.3 is 4.90 Å². The molecule has 0 atom stereocenters. The molecule has 0 saturated carbocycles. The molecule has 5 rings (SSSR count). The van der Waals surface area contributed by atoms with Crippen LogP contribution in [0.4, 0.5) is 10.1 Å². The van der Waals surface area contributed by atoms with E-state index in [0.29, 0.717) is 30.9 Å². The van der Waals surface area contributed by atoms with Gasteiger partial charge in [0.2, 0.25) is 11.8 Å². The zero-order valence-electron chi connectivity index (χ0n) is 18.9. The summed E-state index contributed by atoms with van der Waals surface area (Å²) < 4.78 is 13.1. The maximum atomic E-state index is 13.1. The van der Waals surface area contributed by atoms with Crippen molar-refractivity contribution in [2.24, 2.45) is 0 Å². The van der Waals surface area contributed by atoms with Crippen molar-refractivity contribution in [1.29, 1.82) is 0 Å². The molecule has 0 bridgehead atoms. The monoisotopic (exact) mass is 514 g/mol. The van der Waals surface area contributed by atoms with E-state index in [1.807, 2.05) is 10.3 Å². The topological polar surface area (TPSA) is 73.8 Å². The van der Waals surface area contributed by atoms with Gasteiger partial charge in [0.05, 0.1) is 17.9 Å². The summed E-state index contributed by atoms with van der Waals surface area (Å²) in [5, 5.41) is 2.97. The minimum Gasteiger partial charge on any atom is -0.336 e. The molecule has 35 heavy (non-hydrogen) atoms. The molecule has 2 saturated heterocycles. The van der Waals surface area contributed by atoms with Crippen LogP contribution in [0.1, 0.15) is 28.2 Å². The highest BCUT2D eigenvalue weighted by Gasteiger charge is 2.30. The lowest BCUT2D eigenvalue weighted by atomic mass is 10.1. The zero-order chi connectivity index (χ0) is 23.7. The van der Waals surface area contributed by atoms with Gasteiger partial charge in [-0.15, -0.1) is 23.7 Å². The fourth-order valence-corrected chi connectivity index (χ4v) is 5.08. The van der Waals surface area contributed by atoms with Crippen LogP contribution in [-0.4, -0.2) is 58.7 Å². The first kappa shape index (κ1) is 25.0. The number of halogens is 2. The summed E-state index contributed by atoms with van der Waals surface area (Å²) in [7, 11) is 0. The molecule has 0 N–H and O–H groups in total. The van der Waals surface area contributed by atoms with Crippen molar-refractivity contribution in [3.05, 3.63) is 70.3 Å². The summed E-state index contributed by atoms with van der Waals surface area (Å²) in [6.45, 7) is 3.42. The number of imide groups is 1. The number of anilines is 1. The Morgan fingerprint density at radius 3 is 2.17 bits per heavy atom. The van der Waals surface area contributed by atoms with Gasteiger partial charge in [-0.25, -0.2) is 9.37 Å². The van der Waals surface area contributed by atoms with Crippen molar-refractivity contribution in [2.75, 3.05) is 31.1 Å². The number of amides is 3. The molecule has 0 radical (unpaired) electrons. The van der Waals surface area contributed by atoms with Crippen molar-refractivity contribution >= 4 is 47.2 Å². The smallest absolute Gasteiger partial charge is 0.253 e. The Balaban J connectivity index is 0.00000289. The molecule has 10 heteroatoms. The third-order valence-corrected chi connectivity index (χ3v) is 6.97. The molecule has 3 heterocycles. The Hall–Kier alpha value is -3.14. The summed E-state index contributed by atoms with van der Waals surface area (Å²) in [6.07, 6.45) is 0.469. The molecule has 0 aliphatic carbocycles. The summed E-state index contributed by atoms with van der Waals surface area (Å²) in [4.78, 5) is 46.7. The lowest BCUT2D eigenvalue weighted by Gasteiger charge is -2.34. The van der Waals surface area contributed by atoms with E-state index in [-0.39, 0.29) is 48.8 Å². The van der Waals surface area contributed by atoms with Gasteiger partial charge >= 0.3 is 0 Å². The van der Waals surface area contributed by atoms with Gasteiger partial charge in [-0.2, -0.15) is 0 Å². The van der Waals surface area contributed by atoms with Crippen LogP contribution in [0.3, 0.4) is 0 Å². The van der Waals surface area contributed by atoms with Crippen LogP contribution < -0.4 is 4.90 Å². The number of aromatic nitrogens is 1. The SMILES string of the molecule is Cl.O=C(c1ccc(N2C(=O)CCC2=O)cc1)N1CCN(Cc2nc(-c3ccc(F)cc3)cs2)CC1. The van der Waals surface area contributed by atoms with Gasteiger partial charge in [-0.1, -0.05) is 0 Å². The first-order chi connectivity index (χ1) is 16.5. The van der Waals surface area contributed by atoms with Crippen LogP contribution in [0.25, 0.3) is 11.3 Å². The molecule has 3 aromatic rings. The largest absolute Gasteiger partial charge is 0.336 e. The highest BCUT2D eigenvalue weighted by molar-refractivity contribution is 7.09. The Bertz CT molecular complexity index is 1210. The zero-order valence-corrected chi connectivity index (χ0v) is 20.5. The van der Waals surface area contributed by atoms with E-state index in [2.05, 4.69) is 9.88 Å². The first-order valence-corrected chi connectivity index (χ1v) is 12.0. The normalized spacial score (nSPS) is 16.5. The van der Waals surface area contributed by atoms with Gasteiger partial charge in [0.1, 0.15) is 10.8 Å². The summed E-state index contributed by atoms with van der Waals surface area (Å²) >= 11 is 1.58. The third-order valence-electron chi connectivity index (χ3n) is 6.13. The third kappa shape index (κ3) is 5.42. The second kappa shape index (κ2) is 10.6. The van der Waals surface area contributed by atoms with Crippen molar-refractivity contribution in [1.82, 2.24) is 14.8 Å². The fourth-order valence-electron chi connectivity index (χ4n) is 4.24. The van der Waals surface area contributed by atoms with Crippen molar-refractivity contribution in [3.8, 4) is 11.3 Å². The summed E-state index contributed by atoms with van der Waals surface area (Å²) in [5.74, 6) is -0.729. The van der Waals surface area contributed by atoms with Crippen LogP contribution >= 0.6 is 23.7 Å². The minimum atomic E-state index is -0.264. The predicted molar refractivity (Wildman–Crippen MR) is 134 cm³/mol. The van der Waals surface area contributed by atoms with Gasteiger partial charge in [0, 0.05) is 55.5 Å². The van der Waals surface area contributed by atoms with E-state index < -0.39 is 0 Å². The average Bonchev–Trinajstić information content (AvgIpc) is 3.45. The van der Waals surface area contributed by atoms with Gasteiger partial charge in [-0.05, 0) is 48.5 Å². The number of benzene rings is 2. The fraction of sp³-hybridized carbons (Fsp3) is 0.280. The molecule has 7 nitrogen and oxygen atoms in total. The number of carbonyl (C=O) groups is 3. The Kier molecular flexibility index (Phi) is 7.59. The maximum Gasteiger partial charge on any atom is 0.253 e. The Labute approximate surface area is 212 Å². The quantitative estimate of drug-likeness (QED) is 0.481. The van der Waals surface area contributed by atoms with Crippen LogP contribution in [0.2, 0.25) is 0 Å². The van der Waals surface area contributed by atoms with Crippen LogP contribution in [0, 0.1) is 5.82 Å². The van der Waals surface area contributed by atoms with Crippen molar-refractivity contribution in [3.63, 3.8) is 0 Å². The summed E-state index contributed by atoms with van der Waals surface area (Å²) in [6, 6.07) is 13.0. The molecule has 1 aromatic heterocycles. The number of rotatable bonds is 5.